The number of ether oxygens (including phenoxy) is 2. The Morgan fingerprint density at radius 2 is 1.71 bits per heavy atom. The molecule has 0 bridgehead atoms. The number of fused-ring (bicyclic) bond motifs is 1. The van der Waals surface area contributed by atoms with E-state index in [1.807, 2.05) is 25.1 Å². The molecule has 10 heteroatoms. The first-order valence-electron chi connectivity index (χ1n) is 12.5. The summed E-state index contributed by atoms with van der Waals surface area (Å²) in [5, 5.41) is 3.77. The zero-order chi connectivity index (χ0) is 26.6. The molecule has 0 spiro atoms. The minimum atomic E-state index is -0.475. The van der Waals surface area contributed by atoms with Crippen molar-refractivity contribution in [1.29, 1.82) is 0 Å². The molecule has 9 nitrogen and oxygen atoms in total. The Morgan fingerprint density at radius 3 is 2.47 bits per heavy atom. The Labute approximate surface area is 225 Å². The molecule has 0 saturated carbocycles. The summed E-state index contributed by atoms with van der Waals surface area (Å²) < 4.78 is 10.7. The molecule has 1 aliphatic rings. The standard InChI is InChI=1S/C28H29N5O4S/c1-4-37-28(35)19-9-5-6-10-20(19)31-26(34)24-18(2)23-25(29-17-30-27(23)38-24)33-15-13-32(14-16-33)21-11-7-8-12-22(21)36-3/h5-12,17H,4,13-16H2,1-3H3,(H,31,34). The lowest BCUT2D eigenvalue weighted by molar-refractivity contribution is 0.0527. The first-order valence-corrected chi connectivity index (χ1v) is 13.3. The number of hydrogen-bond donors (Lipinski definition) is 1. The van der Waals surface area contributed by atoms with E-state index in [1.165, 1.54) is 11.3 Å². The van der Waals surface area contributed by atoms with Crippen LogP contribution in [0.2, 0.25) is 0 Å². The topological polar surface area (TPSA) is 96.9 Å². The molecule has 2 aromatic carbocycles. The van der Waals surface area contributed by atoms with Crippen LogP contribution < -0.4 is 19.9 Å². The molecule has 1 aliphatic heterocycles. The second kappa shape index (κ2) is 11.1. The summed E-state index contributed by atoms with van der Waals surface area (Å²) in [6.45, 7) is 7.09. The third kappa shape index (κ3) is 4.87. The van der Waals surface area contributed by atoms with Crippen LogP contribution in [0.3, 0.4) is 0 Å². The van der Waals surface area contributed by atoms with E-state index in [4.69, 9.17) is 9.47 Å². The van der Waals surface area contributed by atoms with Crippen LogP contribution in [0.1, 0.15) is 32.5 Å². The van der Waals surface area contributed by atoms with Gasteiger partial charge < -0.3 is 24.6 Å². The number of piperazine rings is 1. The summed E-state index contributed by atoms with van der Waals surface area (Å²) >= 11 is 1.32. The van der Waals surface area contributed by atoms with Crippen molar-refractivity contribution in [3.8, 4) is 5.75 Å². The fraction of sp³-hybridized carbons (Fsp3) is 0.286. The van der Waals surface area contributed by atoms with Crippen LogP contribution in [0.15, 0.2) is 54.9 Å². The minimum Gasteiger partial charge on any atom is -0.495 e. The highest BCUT2D eigenvalue weighted by Gasteiger charge is 2.26. The first-order chi connectivity index (χ1) is 18.5. The number of carbonyl (C=O) groups is 2. The number of benzene rings is 2. The lowest BCUT2D eigenvalue weighted by atomic mass is 10.1. The lowest BCUT2D eigenvalue weighted by Gasteiger charge is -2.37. The van der Waals surface area contributed by atoms with Gasteiger partial charge in [0.2, 0.25) is 0 Å². The Balaban J connectivity index is 1.38. The van der Waals surface area contributed by atoms with Gasteiger partial charge in [-0.3, -0.25) is 4.79 Å². The molecule has 1 saturated heterocycles. The van der Waals surface area contributed by atoms with Crippen molar-refractivity contribution in [2.45, 2.75) is 13.8 Å². The number of hydrogen-bond acceptors (Lipinski definition) is 9. The number of nitrogens with one attached hydrogen (secondary N) is 1. The summed E-state index contributed by atoms with van der Waals surface area (Å²) in [6.07, 6.45) is 1.55. The zero-order valence-electron chi connectivity index (χ0n) is 21.6. The van der Waals surface area contributed by atoms with Gasteiger partial charge in [0.15, 0.2) is 0 Å². The number of aryl methyl sites for hydroxylation is 1. The number of anilines is 3. The summed E-state index contributed by atoms with van der Waals surface area (Å²) in [7, 11) is 1.69. The number of carbonyl (C=O) groups excluding carboxylic acids is 2. The maximum Gasteiger partial charge on any atom is 0.340 e. The molecule has 196 valence electrons. The molecule has 4 aromatic rings. The van der Waals surface area contributed by atoms with E-state index >= 15 is 0 Å². The fourth-order valence-electron chi connectivity index (χ4n) is 4.72. The predicted octanol–water partition coefficient (Wildman–Crippen LogP) is 4.76. The summed E-state index contributed by atoms with van der Waals surface area (Å²) in [5.41, 5.74) is 2.62. The Kier molecular flexibility index (Phi) is 7.41. The number of methoxy groups -OCH3 is 1. The third-order valence-corrected chi connectivity index (χ3v) is 7.79. The van der Waals surface area contributed by atoms with Gasteiger partial charge in [0.1, 0.15) is 22.7 Å². The molecule has 5 rings (SSSR count). The van der Waals surface area contributed by atoms with Crippen molar-refractivity contribution in [2.24, 2.45) is 0 Å². The monoisotopic (exact) mass is 531 g/mol. The SMILES string of the molecule is CCOC(=O)c1ccccc1NC(=O)c1sc2ncnc(N3CCN(c4ccccc4OC)CC3)c2c1C. The van der Waals surface area contributed by atoms with Crippen LogP contribution in [0.4, 0.5) is 17.2 Å². The fourth-order valence-corrected chi connectivity index (χ4v) is 5.76. The van der Waals surface area contributed by atoms with E-state index in [1.54, 1.807) is 44.6 Å². The van der Waals surface area contributed by atoms with Gasteiger partial charge in [-0.25, -0.2) is 14.8 Å². The molecule has 1 amide bonds. The Bertz CT molecular complexity index is 1480. The third-order valence-electron chi connectivity index (χ3n) is 6.59. The highest BCUT2D eigenvalue weighted by molar-refractivity contribution is 7.20. The largest absolute Gasteiger partial charge is 0.495 e. The highest BCUT2D eigenvalue weighted by Crippen LogP contribution is 2.36. The van der Waals surface area contributed by atoms with Crippen LogP contribution >= 0.6 is 11.3 Å². The maximum absolute atomic E-state index is 13.4. The molecule has 1 fully saturated rings. The second-order valence-corrected chi connectivity index (χ2v) is 9.80. The molecule has 0 radical (unpaired) electrons. The molecule has 0 aliphatic carbocycles. The Hall–Kier alpha value is -4.18. The first kappa shape index (κ1) is 25.5. The van der Waals surface area contributed by atoms with E-state index < -0.39 is 5.97 Å². The van der Waals surface area contributed by atoms with Crippen LogP contribution in [-0.2, 0) is 4.74 Å². The van der Waals surface area contributed by atoms with E-state index in [2.05, 4.69) is 31.2 Å². The second-order valence-electron chi connectivity index (χ2n) is 8.80. The molecule has 0 atom stereocenters. The summed E-state index contributed by atoms with van der Waals surface area (Å²) in [6, 6.07) is 14.9. The normalized spacial score (nSPS) is 13.4. The van der Waals surface area contributed by atoms with Gasteiger partial charge in [0.25, 0.3) is 5.91 Å². The molecule has 2 aromatic heterocycles. The average Bonchev–Trinajstić information content (AvgIpc) is 3.30. The molecular weight excluding hydrogens is 502 g/mol. The number of amides is 1. The van der Waals surface area contributed by atoms with Gasteiger partial charge in [0, 0.05) is 26.2 Å². The number of aromatic nitrogens is 2. The van der Waals surface area contributed by atoms with E-state index in [9.17, 15) is 9.59 Å². The minimum absolute atomic E-state index is 0.255. The summed E-state index contributed by atoms with van der Waals surface area (Å²) in [4.78, 5) is 40.6. The van der Waals surface area contributed by atoms with E-state index in [-0.39, 0.29) is 12.5 Å². The van der Waals surface area contributed by atoms with Gasteiger partial charge >= 0.3 is 5.97 Å². The number of rotatable bonds is 7. The molecular formula is C28H29N5O4S. The quantitative estimate of drug-likeness (QED) is 0.341. The van der Waals surface area contributed by atoms with Crippen LogP contribution in [0.25, 0.3) is 10.2 Å². The number of esters is 1. The van der Waals surface area contributed by atoms with Crippen molar-refractivity contribution in [3.63, 3.8) is 0 Å². The van der Waals surface area contributed by atoms with Crippen molar-refractivity contribution in [1.82, 2.24) is 9.97 Å². The van der Waals surface area contributed by atoms with Crippen LogP contribution in [0, 0.1) is 6.92 Å². The molecule has 38 heavy (non-hydrogen) atoms. The van der Waals surface area contributed by atoms with Gasteiger partial charge in [-0.2, -0.15) is 0 Å². The van der Waals surface area contributed by atoms with Gasteiger partial charge in [-0.15, -0.1) is 11.3 Å². The maximum atomic E-state index is 13.4. The van der Waals surface area contributed by atoms with Gasteiger partial charge in [-0.1, -0.05) is 24.3 Å². The number of para-hydroxylation sites is 3. The van der Waals surface area contributed by atoms with Gasteiger partial charge in [0.05, 0.1) is 40.9 Å². The molecule has 0 unspecified atom stereocenters. The van der Waals surface area contributed by atoms with Crippen LogP contribution in [-0.4, -0.2) is 61.7 Å². The number of nitrogens with zero attached hydrogens (tertiary/aromatic N) is 4. The Morgan fingerprint density at radius 1 is 1.00 bits per heavy atom. The summed E-state index contributed by atoms with van der Waals surface area (Å²) in [5.74, 6) is 0.916. The molecule has 1 N–H and O–H groups in total. The van der Waals surface area contributed by atoms with Crippen molar-refractivity contribution >= 4 is 50.6 Å². The highest BCUT2D eigenvalue weighted by atomic mass is 32.1. The lowest BCUT2D eigenvalue weighted by Crippen LogP contribution is -2.47. The zero-order valence-corrected chi connectivity index (χ0v) is 22.4. The van der Waals surface area contributed by atoms with E-state index in [0.29, 0.717) is 16.1 Å². The predicted molar refractivity (Wildman–Crippen MR) is 150 cm³/mol. The van der Waals surface area contributed by atoms with Gasteiger partial charge in [-0.05, 0) is 43.7 Å². The van der Waals surface area contributed by atoms with Crippen LogP contribution in [0.5, 0.6) is 5.75 Å². The molecule has 3 heterocycles. The average molecular weight is 532 g/mol. The number of thiophene rings is 1. The van der Waals surface area contributed by atoms with Crippen molar-refractivity contribution in [3.05, 3.63) is 70.9 Å². The van der Waals surface area contributed by atoms with Crippen molar-refractivity contribution in [2.75, 3.05) is 55.0 Å². The smallest absolute Gasteiger partial charge is 0.340 e. The van der Waals surface area contributed by atoms with Crippen molar-refractivity contribution < 1.29 is 19.1 Å². The van der Waals surface area contributed by atoms with E-state index in [0.717, 1.165) is 59.2 Å².